The molecule has 0 saturated heterocycles. The molecule has 2 N–H and O–H groups in total. The molecule has 10 heteroatoms. The van der Waals surface area contributed by atoms with Crippen LogP contribution >= 0.6 is 24.0 Å². The van der Waals surface area contributed by atoms with Gasteiger partial charge in [-0.05, 0) is 44.4 Å². The van der Waals surface area contributed by atoms with Gasteiger partial charge in [0, 0.05) is 33.2 Å². The number of aliphatic imine (C=N–C) groups is 1. The second-order valence-electron chi connectivity index (χ2n) is 6.20. The number of rotatable bonds is 12. The fourth-order valence-corrected chi connectivity index (χ4v) is 3.39. The average Bonchev–Trinajstić information content (AvgIpc) is 2.70. The van der Waals surface area contributed by atoms with Crippen molar-refractivity contribution in [2.45, 2.75) is 26.7 Å². The lowest BCUT2D eigenvalue weighted by atomic mass is 10.1. The van der Waals surface area contributed by atoms with Crippen LogP contribution in [0.15, 0.2) is 23.2 Å². The Morgan fingerprint density at radius 1 is 1.14 bits per heavy atom. The smallest absolute Gasteiger partial charge is 0.213 e. The molecule has 168 valence electrons. The van der Waals surface area contributed by atoms with Gasteiger partial charge in [-0.3, -0.25) is 4.99 Å². The molecule has 1 aromatic rings. The Labute approximate surface area is 192 Å². The van der Waals surface area contributed by atoms with Crippen molar-refractivity contribution in [3.8, 4) is 11.5 Å². The highest BCUT2D eigenvalue weighted by Crippen LogP contribution is 2.27. The highest BCUT2D eigenvalue weighted by molar-refractivity contribution is 14.0. The van der Waals surface area contributed by atoms with E-state index >= 15 is 0 Å². The number of methoxy groups -OCH3 is 2. The maximum atomic E-state index is 11.7. The third-order valence-corrected chi connectivity index (χ3v) is 6.10. The molecule has 0 aromatic heterocycles. The minimum absolute atomic E-state index is 0. The van der Waals surface area contributed by atoms with Gasteiger partial charge in [0.1, 0.15) is 0 Å². The molecule has 1 aromatic carbocycles. The second-order valence-corrected chi connectivity index (χ2v) is 8.57. The number of sulfonamides is 1. The topological polar surface area (TPSA) is 92.3 Å². The van der Waals surface area contributed by atoms with Crippen LogP contribution in [0, 0.1) is 0 Å². The van der Waals surface area contributed by atoms with Gasteiger partial charge >= 0.3 is 0 Å². The number of ether oxygens (including phenoxy) is 2. The van der Waals surface area contributed by atoms with E-state index in [4.69, 9.17) is 9.47 Å². The molecule has 0 aliphatic carbocycles. The van der Waals surface area contributed by atoms with Crippen LogP contribution in [0.2, 0.25) is 0 Å². The molecule has 0 radical (unpaired) electrons. The Morgan fingerprint density at radius 2 is 1.83 bits per heavy atom. The summed E-state index contributed by atoms with van der Waals surface area (Å²) in [6.07, 6.45) is 1.48. The number of benzene rings is 1. The summed E-state index contributed by atoms with van der Waals surface area (Å²) in [5, 5.41) is 6.50. The van der Waals surface area contributed by atoms with E-state index in [1.165, 1.54) is 4.31 Å². The lowest BCUT2D eigenvalue weighted by Crippen LogP contribution is -2.38. The van der Waals surface area contributed by atoms with Crippen molar-refractivity contribution < 1.29 is 17.9 Å². The van der Waals surface area contributed by atoms with Gasteiger partial charge in [0.2, 0.25) is 10.0 Å². The Balaban J connectivity index is 0.00000784. The fourth-order valence-electron chi connectivity index (χ4n) is 2.55. The van der Waals surface area contributed by atoms with E-state index in [-0.39, 0.29) is 29.7 Å². The Kier molecular flexibility index (Phi) is 14.0. The summed E-state index contributed by atoms with van der Waals surface area (Å²) >= 11 is 0. The molecule has 0 aliphatic heterocycles. The summed E-state index contributed by atoms with van der Waals surface area (Å²) in [7, 11) is 1.72. The van der Waals surface area contributed by atoms with E-state index < -0.39 is 10.0 Å². The SMILES string of the molecule is CCNC(=NCCCN(C)S(=O)(=O)CC)NCCc1ccc(OC)c(OC)c1.I. The van der Waals surface area contributed by atoms with Gasteiger partial charge in [-0.2, -0.15) is 0 Å². The predicted molar refractivity (Wildman–Crippen MR) is 129 cm³/mol. The lowest BCUT2D eigenvalue weighted by molar-refractivity contribution is 0.354. The van der Waals surface area contributed by atoms with Crippen LogP contribution < -0.4 is 20.1 Å². The summed E-state index contributed by atoms with van der Waals surface area (Å²) in [6.45, 7) is 6.14. The molecular formula is C19H35IN4O4S. The molecule has 0 fully saturated rings. The highest BCUT2D eigenvalue weighted by Gasteiger charge is 2.13. The molecule has 0 heterocycles. The van der Waals surface area contributed by atoms with Crippen LogP contribution in [0.4, 0.5) is 0 Å². The minimum Gasteiger partial charge on any atom is -0.493 e. The summed E-state index contributed by atoms with van der Waals surface area (Å²) in [5.41, 5.74) is 1.13. The van der Waals surface area contributed by atoms with E-state index in [9.17, 15) is 8.42 Å². The maximum Gasteiger partial charge on any atom is 0.213 e. The number of hydrogen-bond donors (Lipinski definition) is 2. The monoisotopic (exact) mass is 542 g/mol. The number of halogens is 1. The first-order valence-corrected chi connectivity index (χ1v) is 11.2. The van der Waals surface area contributed by atoms with Gasteiger partial charge in [-0.25, -0.2) is 12.7 Å². The average molecular weight is 542 g/mol. The van der Waals surface area contributed by atoms with Gasteiger partial charge < -0.3 is 20.1 Å². The van der Waals surface area contributed by atoms with Crippen molar-refractivity contribution in [1.29, 1.82) is 0 Å². The largest absolute Gasteiger partial charge is 0.493 e. The number of guanidine groups is 1. The third-order valence-electron chi connectivity index (χ3n) is 4.24. The molecule has 0 bridgehead atoms. The summed E-state index contributed by atoms with van der Waals surface area (Å²) in [6, 6.07) is 5.87. The van der Waals surface area contributed by atoms with Crippen LogP contribution in [-0.2, 0) is 16.4 Å². The van der Waals surface area contributed by atoms with Crippen LogP contribution in [0.5, 0.6) is 11.5 Å². The zero-order valence-corrected chi connectivity index (χ0v) is 21.2. The van der Waals surface area contributed by atoms with Crippen LogP contribution in [0.1, 0.15) is 25.8 Å². The Morgan fingerprint density at radius 3 is 2.41 bits per heavy atom. The molecule has 0 saturated carbocycles. The molecule has 0 aliphatic rings. The summed E-state index contributed by atoms with van der Waals surface area (Å²) in [5.74, 6) is 2.27. The summed E-state index contributed by atoms with van der Waals surface area (Å²) < 4.78 is 35.5. The molecule has 29 heavy (non-hydrogen) atoms. The molecule has 0 spiro atoms. The maximum absolute atomic E-state index is 11.7. The molecule has 0 unspecified atom stereocenters. The first-order chi connectivity index (χ1) is 13.4. The number of nitrogens with one attached hydrogen (secondary N) is 2. The van der Waals surface area contributed by atoms with Gasteiger partial charge in [0.15, 0.2) is 17.5 Å². The van der Waals surface area contributed by atoms with Crippen molar-refractivity contribution >= 4 is 40.0 Å². The highest BCUT2D eigenvalue weighted by atomic mass is 127. The number of hydrogen-bond acceptors (Lipinski definition) is 5. The quantitative estimate of drug-likeness (QED) is 0.182. The lowest BCUT2D eigenvalue weighted by Gasteiger charge is -2.15. The van der Waals surface area contributed by atoms with E-state index in [2.05, 4.69) is 15.6 Å². The third kappa shape index (κ3) is 9.85. The van der Waals surface area contributed by atoms with E-state index in [1.54, 1.807) is 28.2 Å². The Bertz CT molecular complexity index is 729. The van der Waals surface area contributed by atoms with Crippen molar-refractivity contribution in [3.63, 3.8) is 0 Å². The van der Waals surface area contributed by atoms with Crippen LogP contribution in [0.3, 0.4) is 0 Å². The zero-order valence-electron chi connectivity index (χ0n) is 18.0. The Hall–Kier alpha value is -1.27. The van der Waals surface area contributed by atoms with Gasteiger partial charge in [0.25, 0.3) is 0 Å². The molecule has 0 amide bonds. The van der Waals surface area contributed by atoms with Crippen LogP contribution in [0.25, 0.3) is 0 Å². The molecular weight excluding hydrogens is 507 g/mol. The van der Waals surface area contributed by atoms with Crippen molar-refractivity contribution in [2.75, 3.05) is 53.2 Å². The van der Waals surface area contributed by atoms with E-state index in [0.29, 0.717) is 37.6 Å². The van der Waals surface area contributed by atoms with E-state index in [0.717, 1.165) is 24.5 Å². The second kappa shape index (κ2) is 14.7. The first kappa shape index (κ1) is 27.7. The summed E-state index contributed by atoms with van der Waals surface area (Å²) in [4.78, 5) is 4.51. The molecule has 1 rings (SSSR count). The van der Waals surface area contributed by atoms with E-state index in [1.807, 2.05) is 25.1 Å². The van der Waals surface area contributed by atoms with Gasteiger partial charge in [-0.15, -0.1) is 24.0 Å². The van der Waals surface area contributed by atoms with Gasteiger partial charge in [-0.1, -0.05) is 6.07 Å². The fraction of sp³-hybridized carbons (Fsp3) is 0.632. The first-order valence-electron chi connectivity index (χ1n) is 9.55. The zero-order chi connectivity index (χ0) is 21.0. The van der Waals surface area contributed by atoms with Gasteiger partial charge in [0.05, 0.1) is 20.0 Å². The molecule has 0 atom stereocenters. The standard InChI is InChI=1S/C19H34N4O4S.HI/c1-6-20-19(21-12-8-14-23(3)28(24,25)7-2)22-13-11-16-9-10-17(26-4)18(15-16)27-5;/h9-10,15H,6-8,11-14H2,1-5H3,(H2,20,21,22);1H. The van der Waals surface area contributed by atoms with Crippen molar-refractivity contribution in [1.82, 2.24) is 14.9 Å². The normalized spacial score (nSPS) is 11.7. The van der Waals surface area contributed by atoms with Crippen molar-refractivity contribution in [3.05, 3.63) is 23.8 Å². The minimum atomic E-state index is -3.13. The van der Waals surface area contributed by atoms with Crippen LogP contribution in [-0.4, -0.2) is 71.9 Å². The van der Waals surface area contributed by atoms with Crippen molar-refractivity contribution in [2.24, 2.45) is 4.99 Å². The molecule has 8 nitrogen and oxygen atoms in total. The number of nitrogens with zero attached hydrogens (tertiary/aromatic N) is 2. The predicted octanol–water partition coefficient (Wildman–Crippen LogP) is 2.09.